The van der Waals surface area contributed by atoms with Crippen molar-refractivity contribution in [3.05, 3.63) is 84.7 Å². The second-order valence-corrected chi connectivity index (χ2v) is 8.49. The molecule has 0 unspecified atom stereocenters. The molecule has 0 aliphatic carbocycles. The highest BCUT2D eigenvalue weighted by Crippen LogP contribution is 2.22. The minimum Gasteiger partial charge on any atom is -0.326 e. The lowest BCUT2D eigenvalue weighted by molar-refractivity contribution is -0.116. The van der Waals surface area contributed by atoms with E-state index >= 15 is 0 Å². The number of hydrogen-bond donors (Lipinski definition) is 2. The van der Waals surface area contributed by atoms with Crippen molar-refractivity contribution in [3.63, 3.8) is 0 Å². The first kappa shape index (κ1) is 23.2. The van der Waals surface area contributed by atoms with E-state index in [1.165, 1.54) is 11.8 Å². The van der Waals surface area contributed by atoms with Crippen molar-refractivity contribution in [2.24, 2.45) is 7.05 Å². The van der Waals surface area contributed by atoms with Gasteiger partial charge in [0.25, 0.3) is 0 Å². The van der Waals surface area contributed by atoms with E-state index in [1.54, 1.807) is 36.7 Å². The zero-order chi connectivity index (χ0) is 23.8. The number of carbonyl (C=O) groups excluding carboxylic acids is 2. The Bertz CT molecular complexity index is 1240. The van der Waals surface area contributed by atoms with Gasteiger partial charge in [-0.25, -0.2) is 0 Å². The van der Waals surface area contributed by atoms with Crippen LogP contribution < -0.4 is 10.6 Å². The van der Waals surface area contributed by atoms with E-state index in [0.717, 1.165) is 11.1 Å². The zero-order valence-corrected chi connectivity index (χ0v) is 19.5. The number of aryl methyl sites for hydroxylation is 1. The Morgan fingerprint density at radius 3 is 2.18 bits per heavy atom. The molecule has 0 atom stereocenters. The fourth-order valence-corrected chi connectivity index (χ4v) is 3.99. The standard InChI is InChI=1S/C25H24N6O2S/c1-31-24(19-13-15-26-16-14-19)29-30-25(31)34-17-23(33)28-21-10-8-20(9-11-21)27-22(32)12-7-18-5-3-2-4-6-18/h2-6,8-11,13-16H,7,12,17H2,1H3,(H,27,32)(H,28,33). The summed E-state index contributed by atoms with van der Waals surface area (Å²) in [5.41, 5.74) is 3.38. The van der Waals surface area contributed by atoms with Gasteiger partial charge in [-0.2, -0.15) is 0 Å². The van der Waals surface area contributed by atoms with Gasteiger partial charge in [0.1, 0.15) is 0 Å². The first-order chi connectivity index (χ1) is 16.6. The number of benzene rings is 2. The Labute approximate surface area is 201 Å². The Morgan fingerprint density at radius 1 is 0.853 bits per heavy atom. The van der Waals surface area contributed by atoms with Gasteiger partial charge in [0.15, 0.2) is 11.0 Å². The van der Waals surface area contributed by atoms with Gasteiger partial charge < -0.3 is 15.2 Å². The predicted octanol–water partition coefficient (Wildman–Crippen LogP) is 4.18. The molecule has 0 aliphatic heterocycles. The molecule has 4 rings (SSSR count). The summed E-state index contributed by atoms with van der Waals surface area (Å²) in [6, 6.07) is 20.7. The molecular formula is C25H24N6O2S. The normalized spacial score (nSPS) is 10.6. The van der Waals surface area contributed by atoms with Gasteiger partial charge in [0, 0.05) is 42.8 Å². The van der Waals surface area contributed by atoms with Gasteiger partial charge in [-0.15, -0.1) is 10.2 Å². The maximum atomic E-state index is 12.4. The Morgan fingerprint density at radius 2 is 1.50 bits per heavy atom. The molecule has 0 radical (unpaired) electrons. The minimum absolute atomic E-state index is 0.0492. The minimum atomic E-state index is -0.155. The van der Waals surface area contributed by atoms with Crippen LogP contribution >= 0.6 is 11.8 Å². The van der Waals surface area contributed by atoms with Crippen LogP contribution in [0.4, 0.5) is 11.4 Å². The molecule has 0 saturated carbocycles. The van der Waals surface area contributed by atoms with E-state index in [2.05, 4.69) is 25.8 Å². The lowest BCUT2D eigenvalue weighted by atomic mass is 10.1. The van der Waals surface area contributed by atoms with E-state index in [1.807, 2.05) is 54.1 Å². The van der Waals surface area contributed by atoms with Gasteiger partial charge in [-0.1, -0.05) is 42.1 Å². The Hall–Kier alpha value is -3.98. The van der Waals surface area contributed by atoms with Crippen molar-refractivity contribution in [2.45, 2.75) is 18.0 Å². The molecule has 34 heavy (non-hydrogen) atoms. The quantitative estimate of drug-likeness (QED) is 0.355. The predicted molar refractivity (Wildman–Crippen MR) is 133 cm³/mol. The van der Waals surface area contributed by atoms with Crippen LogP contribution in [0.5, 0.6) is 0 Å². The molecule has 0 spiro atoms. The highest BCUT2D eigenvalue weighted by molar-refractivity contribution is 7.99. The number of nitrogens with zero attached hydrogens (tertiary/aromatic N) is 4. The molecule has 0 saturated heterocycles. The number of thioether (sulfide) groups is 1. The third-order valence-corrected chi connectivity index (χ3v) is 6.06. The first-order valence-corrected chi connectivity index (χ1v) is 11.7. The molecular weight excluding hydrogens is 448 g/mol. The van der Waals surface area contributed by atoms with Crippen molar-refractivity contribution in [1.82, 2.24) is 19.7 Å². The summed E-state index contributed by atoms with van der Waals surface area (Å²) in [5, 5.41) is 14.8. The van der Waals surface area contributed by atoms with E-state index < -0.39 is 0 Å². The van der Waals surface area contributed by atoms with E-state index in [9.17, 15) is 9.59 Å². The number of anilines is 2. The summed E-state index contributed by atoms with van der Waals surface area (Å²) in [7, 11) is 1.86. The molecule has 9 heteroatoms. The molecule has 2 aromatic heterocycles. The van der Waals surface area contributed by atoms with Crippen LogP contribution in [0.15, 0.2) is 84.3 Å². The molecule has 2 amide bonds. The zero-order valence-electron chi connectivity index (χ0n) is 18.6. The van der Waals surface area contributed by atoms with Crippen LogP contribution in [-0.4, -0.2) is 37.3 Å². The summed E-state index contributed by atoms with van der Waals surface area (Å²) in [4.78, 5) is 28.6. The largest absolute Gasteiger partial charge is 0.326 e. The van der Waals surface area contributed by atoms with Crippen molar-refractivity contribution in [1.29, 1.82) is 0 Å². The van der Waals surface area contributed by atoms with Crippen LogP contribution in [0, 0.1) is 0 Å². The molecule has 172 valence electrons. The lowest BCUT2D eigenvalue weighted by Crippen LogP contribution is -2.15. The maximum absolute atomic E-state index is 12.4. The number of hydrogen-bond acceptors (Lipinski definition) is 6. The van der Waals surface area contributed by atoms with Gasteiger partial charge in [0.05, 0.1) is 5.75 Å². The molecule has 0 bridgehead atoms. The van der Waals surface area contributed by atoms with Gasteiger partial charge in [0.2, 0.25) is 11.8 Å². The van der Waals surface area contributed by atoms with E-state index in [0.29, 0.717) is 35.2 Å². The molecule has 2 heterocycles. The van der Waals surface area contributed by atoms with Crippen molar-refractivity contribution >= 4 is 35.0 Å². The number of carbonyl (C=O) groups is 2. The fourth-order valence-electron chi connectivity index (χ4n) is 3.28. The Balaban J connectivity index is 1.24. The van der Waals surface area contributed by atoms with Crippen LogP contribution in [-0.2, 0) is 23.1 Å². The number of pyridine rings is 1. The number of amides is 2. The van der Waals surface area contributed by atoms with Crippen LogP contribution in [0.3, 0.4) is 0 Å². The van der Waals surface area contributed by atoms with E-state index in [4.69, 9.17) is 0 Å². The Kier molecular flexibility index (Phi) is 7.67. The summed E-state index contributed by atoms with van der Waals surface area (Å²) in [6.45, 7) is 0. The van der Waals surface area contributed by atoms with Crippen molar-refractivity contribution in [2.75, 3.05) is 16.4 Å². The molecule has 8 nitrogen and oxygen atoms in total. The molecule has 4 aromatic rings. The second-order valence-electron chi connectivity index (χ2n) is 7.55. The third-order valence-electron chi connectivity index (χ3n) is 5.04. The third kappa shape index (κ3) is 6.29. The topological polar surface area (TPSA) is 102 Å². The molecule has 2 aromatic carbocycles. The number of aromatic nitrogens is 4. The number of rotatable bonds is 9. The smallest absolute Gasteiger partial charge is 0.234 e. The average molecular weight is 473 g/mol. The second kappa shape index (κ2) is 11.2. The lowest BCUT2D eigenvalue weighted by Gasteiger charge is -2.08. The summed E-state index contributed by atoms with van der Waals surface area (Å²) >= 11 is 1.31. The van der Waals surface area contributed by atoms with Crippen LogP contribution in [0.25, 0.3) is 11.4 Å². The van der Waals surface area contributed by atoms with Gasteiger partial charge in [-0.05, 0) is 48.4 Å². The summed E-state index contributed by atoms with van der Waals surface area (Å²) < 4.78 is 1.85. The SMILES string of the molecule is Cn1c(SCC(=O)Nc2ccc(NC(=O)CCc3ccccc3)cc2)nnc1-c1ccncc1. The van der Waals surface area contributed by atoms with Crippen LogP contribution in [0.2, 0.25) is 0 Å². The summed E-state index contributed by atoms with van der Waals surface area (Å²) in [5.74, 6) is 0.706. The molecule has 0 fully saturated rings. The fraction of sp³-hybridized carbons (Fsp3) is 0.160. The highest BCUT2D eigenvalue weighted by atomic mass is 32.2. The number of nitrogens with one attached hydrogen (secondary N) is 2. The highest BCUT2D eigenvalue weighted by Gasteiger charge is 2.13. The van der Waals surface area contributed by atoms with Gasteiger partial charge in [-0.3, -0.25) is 14.6 Å². The monoisotopic (exact) mass is 472 g/mol. The van der Waals surface area contributed by atoms with Crippen molar-refractivity contribution < 1.29 is 9.59 Å². The van der Waals surface area contributed by atoms with Gasteiger partial charge >= 0.3 is 0 Å². The van der Waals surface area contributed by atoms with E-state index in [-0.39, 0.29) is 17.6 Å². The molecule has 0 aliphatic rings. The average Bonchev–Trinajstić information content (AvgIpc) is 3.24. The first-order valence-electron chi connectivity index (χ1n) is 10.7. The molecule has 2 N–H and O–H groups in total. The van der Waals surface area contributed by atoms with Crippen LogP contribution in [0.1, 0.15) is 12.0 Å². The maximum Gasteiger partial charge on any atom is 0.234 e. The summed E-state index contributed by atoms with van der Waals surface area (Å²) in [6.07, 6.45) is 4.50. The van der Waals surface area contributed by atoms with Crippen molar-refractivity contribution in [3.8, 4) is 11.4 Å².